The highest BCUT2D eigenvalue weighted by Gasteiger charge is 2.33. The third kappa shape index (κ3) is 2.06. The van der Waals surface area contributed by atoms with Gasteiger partial charge in [-0.25, -0.2) is 14.8 Å². The van der Waals surface area contributed by atoms with Gasteiger partial charge in [0.2, 0.25) is 4.99 Å². The number of carbonyl (C=O) groups excluding carboxylic acids is 1. The van der Waals surface area contributed by atoms with Gasteiger partial charge in [0, 0.05) is 29.9 Å². The minimum absolute atomic E-state index is 0.613. The average Bonchev–Trinajstić information content (AvgIpc) is 2.78. The Hall–Kier alpha value is -1.82. The lowest BCUT2D eigenvalue weighted by molar-refractivity contribution is 0.254. The van der Waals surface area contributed by atoms with Crippen molar-refractivity contribution >= 4 is 30.4 Å². The number of hydrogen-bond donors (Lipinski definition) is 2. The smallest absolute Gasteiger partial charge is 0.322 e. The van der Waals surface area contributed by atoms with E-state index in [9.17, 15) is 4.79 Å². The molecule has 0 aliphatic carbocycles. The van der Waals surface area contributed by atoms with Crippen LogP contribution < -0.4 is 10.5 Å². The summed E-state index contributed by atoms with van der Waals surface area (Å²) in [6.07, 6.45) is 3.20. The molecular weight excluding hydrogens is 224 g/mol. The first-order valence-corrected chi connectivity index (χ1v) is 5.43. The lowest BCUT2D eigenvalue weighted by atomic mass is 10.2. The summed E-state index contributed by atoms with van der Waals surface area (Å²) in [5.41, 5.74) is 5.92. The quantitative estimate of drug-likeness (QED) is 0.772. The Labute approximate surface area is 97.0 Å². The molecule has 0 fully saturated rings. The molecule has 0 bridgehead atoms. The molecule has 2 amide bonds. The van der Waals surface area contributed by atoms with Crippen LogP contribution in [0.4, 0.5) is 4.79 Å². The molecule has 0 aromatic heterocycles. The van der Waals surface area contributed by atoms with E-state index in [-0.39, 0.29) is 0 Å². The van der Waals surface area contributed by atoms with Gasteiger partial charge in [-0.15, -0.1) is 0 Å². The number of urea groups is 1. The van der Waals surface area contributed by atoms with Crippen LogP contribution in [0.2, 0.25) is 0 Å². The van der Waals surface area contributed by atoms with Gasteiger partial charge in [-0.3, -0.25) is 4.72 Å². The second kappa shape index (κ2) is 4.36. The second-order valence-corrected chi connectivity index (χ2v) is 4.08. The first-order valence-electron chi connectivity index (χ1n) is 4.61. The van der Waals surface area contributed by atoms with Crippen LogP contribution in [0.15, 0.2) is 40.3 Å². The largest absolute Gasteiger partial charge is 0.351 e. The number of nitrogens with one attached hydrogen (secondary N) is 1. The molecule has 1 aromatic carbocycles. The van der Waals surface area contributed by atoms with Gasteiger partial charge < -0.3 is 5.73 Å². The molecule has 16 heavy (non-hydrogen) atoms. The van der Waals surface area contributed by atoms with Gasteiger partial charge in [0.25, 0.3) is 0 Å². The fourth-order valence-electron chi connectivity index (χ4n) is 1.34. The molecule has 0 radical (unpaired) electrons. The molecule has 6 heteroatoms. The number of primary amides is 1. The molecule has 82 valence electrons. The summed E-state index contributed by atoms with van der Waals surface area (Å²) in [6, 6.07) is 8.88. The number of benzene rings is 1. The van der Waals surface area contributed by atoms with Crippen molar-refractivity contribution in [2.45, 2.75) is 4.99 Å². The van der Waals surface area contributed by atoms with E-state index in [4.69, 9.17) is 5.73 Å². The van der Waals surface area contributed by atoms with E-state index >= 15 is 0 Å². The first kappa shape index (κ1) is 10.7. The Morgan fingerprint density at radius 2 is 1.88 bits per heavy atom. The summed E-state index contributed by atoms with van der Waals surface area (Å²) in [7, 11) is 0. The summed E-state index contributed by atoms with van der Waals surface area (Å²) in [5.74, 6) is 0. The maximum absolute atomic E-state index is 10.7. The summed E-state index contributed by atoms with van der Waals surface area (Å²) in [6.45, 7) is 0. The van der Waals surface area contributed by atoms with E-state index in [1.165, 1.54) is 0 Å². The zero-order valence-electron chi connectivity index (χ0n) is 8.33. The van der Waals surface area contributed by atoms with Crippen LogP contribution in [-0.2, 0) is 4.99 Å². The van der Waals surface area contributed by atoms with Gasteiger partial charge in [-0.2, -0.15) is 0 Å². The van der Waals surface area contributed by atoms with E-state index in [1.807, 2.05) is 30.3 Å². The SMILES string of the molecule is NC(=O)NSC1(c2ccccc2)N=CC=N1. The molecule has 1 aliphatic rings. The highest BCUT2D eigenvalue weighted by atomic mass is 32.2. The van der Waals surface area contributed by atoms with Crippen molar-refractivity contribution in [1.82, 2.24) is 4.72 Å². The number of hydrogen-bond acceptors (Lipinski definition) is 4. The van der Waals surface area contributed by atoms with Crippen molar-refractivity contribution in [2.24, 2.45) is 15.7 Å². The Kier molecular flexibility index (Phi) is 2.91. The molecule has 0 atom stereocenters. The molecule has 1 heterocycles. The standard InChI is InChI=1S/C10H10N4OS/c11-9(15)14-16-10(12-6-7-13-10)8-4-2-1-3-5-8/h1-7H,(H3,11,14,15). The van der Waals surface area contributed by atoms with Crippen molar-refractivity contribution in [3.8, 4) is 0 Å². The number of carbonyl (C=O) groups is 1. The first-order chi connectivity index (χ1) is 7.73. The topological polar surface area (TPSA) is 79.8 Å². The molecule has 1 aliphatic heterocycles. The maximum atomic E-state index is 10.7. The summed E-state index contributed by atoms with van der Waals surface area (Å²) < 4.78 is 2.45. The Balaban J connectivity index is 2.27. The minimum Gasteiger partial charge on any atom is -0.351 e. The maximum Gasteiger partial charge on any atom is 0.322 e. The molecule has 1 aromatic rings. The monoisotopic (exact) mass is 234 g/mol. The second-order valence-electron chi connectivity index (χ2n) is 3.10. The predicted molar refractivity (Wildman–Crippen MR) is 65.4 cm³/mol. The van der Waals surface area contributed by atoms with Crippen LogP contribution >= 0.6 is 11.9 Å². The van der Waals surface area contributed by atoms with E-state index < -0.39 is 11.0 Å². The fraction of sp³-hybridized carbons (Fsp3) is 0.100. The molecule has 0 saturated heterocycles. The summed E-state index contributed by atoms with van der Waals surface area (Å²) >= 11 is 1.07. The summed E-state index contributed by atoms with van der Waals surface area (Å²) in [5, 5.41) is 0. The summed E-state index contributed by atoms with van der Waals surface area (Å²) in [4.78, 5) is 18.4. The molecule has 0 unspecified atom stereocenters. The number of nitrogens with two attached hydrogens (primary N) is 1. The van der Waals surface area contributed by atoms with Crippen molar-refractivity contribution < 1.29 is 4.79 Å². The predicted octanol–water partition coefficient (Wildman–Crippen LogP) is 1.27. The van der Waals surface area contributed by atoms with Crippen LogP contribution in [0.25, 0.3) is 0 Å². The Morgan fingerprint density at radius 3 is 2.44 bits per heavy atom. The highest BCUT2D eigenvalue weighted by Crippen LogP contribution is 2.38. The average molecular weight is 234 g/mol. The van der Waals surface area contributed by atoms with E-state index in [1.54, 1.807) is 12.4 Å². The third-order valence-electron chi connectivity index (χ3n) is 2.01. The van der Waals surface area contributed by atoms with Crippen LogP contribution in [0, 0.1) is 0 Å². The number of amides is 2. The fourth-order valence-corrected chi connectivity index (χ4v) is 2.06. The third-order valence-corrected chi connectivity index (χ3v) is 3.04. The van der Waals surface area contributed by atoms with Crippen molar-refractivity contribution in [3.05, 3.63) is 35.9 Å². The zero-order valence-corrected chi connectivity index (χ0v) is 9.15. The molecule has 2 rings (SSSR count). The van der Waals surface area contributed by atoms with Gasteiger partial charge in [-0.05, 0) is 0 Å². The molecule has 0 saturated carbocycles. The van der Waals surface area contributed by atoms with Gasteiger partial charge in [-0.1, -0.05) is 30.3 Å². The van der Waals surface area contributed by atoms with Gasteiger partial charge in [0.05, 0.1) is 0 Å². The van der Waals surface area contributed by atoms with Gasteiger partial charge >= 0.3 is 6.03 Å². The molecular formula is C10H10N4OS. The number of nitrogens with zero attached hydrogens (tertiary/aromatic N) is 2. The van der Waals surface area contributed by atoms with E-state index in [0.717, 1.165) is 17.5 Å². The number of aliphatic imine (C=N–C) groups is 2. The Morgan fingerprint density at radius 1 is 1.25 bits per heavy atom. The van der Waals surface area contributed by atoms with Crippen LogP contribution in [0.1, 0.15) is 5.56 Å². The van der Waals surface area contributed by atoms with E-state index in [0.29, 0.717) is 0 Å². The zero-order chi connectivity index (χ0) is 11.4. The van der Waals surface area contributed by atoms with Crippen LogP contribution in [-0.4, -0.2) is 18.5 Å². The van der Waals surface area contributed by atoms with Crippen LogP contribution in [0.3, 0.4) is 0 Å². The molecule has 3 N–H and O–H groups in total. The highest BCUT2D eigenvalue weighted by molar-refractivity contribution is 7.98. The normalized spacial score (nSPS) is 16.2. The lowest BCUT2D eigenvalue weighted by Gasteiger charge is -2.21. The van der Waals surface area contributed by atoms with Crippen molar-refractivity contribution in [1.29, 1.82) is 0 Å². The van der Waals surface area contributed by atoms with Crippen LogP contribution in [0.5, 0.6) is 0 Å². The Bertz CT molecular complexity index is 431. The molecule has 5 nitrogen and oxygen atoms in total. The van der Waals surface area contributed by atoms with Crippen molar-refractivity contribution in [3.63, 3.8) is 0 Å². The minimum atomic E-state index is -0.837. The molecule has 0 spiro atoms. The lowest BCUT2D eigenvalue weighted by Crippen LogP contribution is -2.29. The van der Waals surface area contributed by atoms with Gasteiger partial charge in [0.15, 0.2) is 0 Å². The van der Waals surface area contributed by atoms with Crippen molar-refractivity contribution in [2.75, 3.05) is 0 Å². The van der Waals surface area contributed by atoms with Gasteiger partial charge in [0.1, 0.15) is 0 Å². The number of rotatable bonds is 3. The van der Waals surface area contributed by atoms with E-state index in [2.05, 4.69) is 14.7 Å².